The number of hydrogen-bond donors (Lipinski definition) is 2. The highest BCUT2D eigenvalue weighted by Gasteiger charge is 2.28. The fraction of sp³-hybridized carbons (Fsp3) is 0.100. The molecule has 0 atom stereocenters. The summed E-state index contributed by atoms with van der Waals surface area (Å²) in [6.45, 7) is 0. The van der Waals surface area contributed by atoms with E-state index in [1.54, 1.807) is 48.5 Å². The third-order valence-electron chi connectivity index (χ3n) is 4.05. The third-order valence-corrected chi connectivity index (χ3v) is 5.22. The van der Waals surface area contributed by atoms with Gasteiger partial charge in [0.1, 0.15) is 21.3 Å². The molecule has 0 aliphatic rings. The zero-order valence-electron chi connectivity index (χ0n) is 14.6. The molecule has 138 valence electrons. The van der Waals surface area contributed by atoms with Crippen LogP contribution in [0, 0.1) is 0 Å². The van der Waals surface area contributed by atoms with Gasteiger partial charge in [-0.05, 0) is 35.4 Å². The van der Waals surface area contributed by atoms with Gasteiger partial charge in [-0.2, -0.15) is 0 Å². The zero-order chi connectivity index (χ0) is 19.6. The van der Waals surface area contributed by atoms with Crippen LogP contribution in [0.4, 0.5) is 0 Å². The number of rotatable bonds is 6. The topological polar surface area (TPSA) is 93.1 Å². The summed E-state index contributed by atoms with van der Waals surface area (Å²) in [6.07, 6.45) is 0. The minimum atomic E-state index is -1.17. The number of methoxy groups -OCH3 is 2. The van der Waals surface area contributed by atoms with Crippen molar-refractivity contribution >= 4 is 23.3 Å². The van der Waals surface area contributed by atoms with Crippen LogP contribution in [0.5, 0.6) is 11.5 Å². The molecule has 2 N–H and O–H groups in total. The number of aromatic carboxylic acids is 2. The van der Waals surface area contributed by atoms with Gasteiger partial charge in [0, 0.05) is 11.1 Å². The van der Waals surface area contributed by atoms with Gasteiger partial charge >= 0.3 is 11.9 Å². The van der Waals surface area contributed by atoms with Crippen molar-refractivity contribution in [1.82, 2.24) is 0 Å². The van der Waals surface area contributed by atoms with Crippen LogP contribution in [0.2, 0.25) is 0 Å². The highest BCUT2D eigenvalue weighted by Crippen LogP contribution is 2.44. The summed E-state index contributed by atoms with van der Waals surface area (Å²) >= 11 is 0.750. The van der Waals surface area contributed by atoms with Gasteiger partial charge in [0.15, 0.2) is 0 Å². The second-order valence-corrected chi connectivity index (χ2v) is 6.60. The van der Waals surface area contributed by atoms with E-state index in [2.05, 4.69) is 0 Å². The summed E-state index contributed by atoms with van der Waals surface area (Å²) in [6, 6.07) is 13.7. The lowest BCUT2D eigenvalue weighted by Crippen LogP contribution is -1.97. The molecule has 0 bridgehead atoms. The van der Waals surface area contributed by atoms with E-state index in [9.17, 15) is 19.8 Å². The molecule has 0 fully saturated rings. The lowest BCUT2D eigenvalue weighted by atomic mass is 9.94. The summed E-state index contributed by atoms with van der Waals surface area (Å²) in [4.78, 5) is 23.6. The van der Waals surface area contributed by atoms with Crippen LogP contribution in [-0.2, 0) is 0 Å². The molecule has 0 saturated heterocycles. The normalized spacial score (nSPS) is 10.4. The van der Waals surface area contributed by atoms with E-state index in [1.165, 1.54) is 14.2 Å². The highest BCUT2D eigenvalue weighted by molar-refractivity contribution is 7.17. The van der Waals surface area contributed by atoms with Crippen molar-refractivity contribution in [3.8, 4) is 33.8 Å². The number of carbonyl (C=O) groups is 2. The summed E-state index contributed by atoms with van der Waals surface area (Å²) in [5.74, 6) is -1.10. The Bertz CT molecular complexity index is 907. The number of thiophene rings is 1. The van der Waals surface area contributed by atoms with E-state index in [-0.39, 0.29) is 9.75 Å². The van der Waals surface area contributed by atoms with Gasteiger partial charge in [0.05, 0.1) is 14.2 Å². The van der Waals surface area contributed by atoms with Crippen LogP contribution in [0.3, 0.4) is 0 Å². The molecule has 0 radical (unpaired) electrons. The standard InChI is InChI=1S/C20H16O6S/c1-25-13-7-3-11(4-8-13)15-16(12-5-9-14(26-2)10-6-12)18(20(23)24)27-17(15)19(21)22/h3-10H,1-2H3,(H,21,22)(H,23,24). The number of carboxylic acid groups (broad SMARTS) is 2. The van der Waals surface area contributed by atoms with E-state index in [1.807, 2.05) is 0 Å². The SMILES string of the molecule is COc1ccc(-c2c(C(=O)O)sc(C(=O)O)c2-c2ccc(OC)cc2)cc1. The summed E-state index contributed by atoms with van der Waals surface area (Å²) in [5.41, 5.74) is 1.95. The largest absolute Gasteiger partial charge is 0.497 e. The first kappa shape index (κ1) is 18.5. The number of carboxylic acids is 2. The van der Waals surface area contributed by atoms with Gasteiger partial charge in [-0.25, -0.2) is 9.59 Å². The Balaban J connectivity index is 2.30. The molecule has 0 spiro atoms. The first-order valence-electron chi connectivity index (χ1n) is 7.88. The van der Waals surface area contributed by atoms with E-state index in [4.69, 9.17) is 9.47 Å². The molecule has 7 heteroatoms. The van der Waals surface area contributed by atoms with E-state index in [0.29, 0.717) is 33.8 Å². The number of hydrogen-bond acceptors (Lipinski definition) is 5. The molecule has 0 aliphatic carbocycles. The van der Waals surface area contributed by atoms with Gasteiger partial charge in [0.2, 0.25) is 0 Å². The van der Waals surface area contributed by atoms with Gasteiger partial charge in [-0.15, -0.1) is 11.3 Å². The first-order valence-corrected chi connectivity index (χ1v) is 8.70. The molecule has 2 aromatic carbocycles. The Hall–Kier alpha value is -3.32. The highest BCUT2D eigenvalue weighted by atomic mass is 32.1. The third kappa shape index (κ3) is 3.50. The van der Waals surface area contributed by atoms with Gasteiger partial charge < -0.3 is 19.7 Å². The number of ether oxygens (including phenoxy) is 2. The Morgan fingerprint density at radius 1 is 0.704 bits per heavy atom. The molecule has 1 aromatic heterocycles. The minimum Gasteiger partial charge on any atom is -0.497 e. The van der Waals surface area contributed by atoms with E-state index < -0.39 is 11.9 Å². The molecule has 27 heavy (non-hydrogen) atoms. The molecule has 3 aromatic rings. The smallest absolute Gasteiger partial charge is 0.346 e. The first-order chi connectivity index (χ1) is 13.0. The van der Waals surface area contributed by atoms with Gasteiger partial charge in [-0.1, -0.05) is 24.3 Å². The van der Waals surface area contributed by atoms with Crippen molar-refractivity contribution in [2.45, 2.75) is 0 Å². The van der Waals surface area contributed by atoms with Crippen LogP contribution in [0.1, 0.15) is 19.3 Å². The van der Waals surface area contributed by atoms with Crippen LogP contribution in [0.15, 0.2) is 48.5 Å². The van der Waals surface area contributed by atoms with Crippen molar-refractivity contribution in [1.29, 1.82) is 0 Å². The second kappa shape index (κ2) is 7.51. The van der Waals surface area contributed by atoms with Crippen molar-refractivity contribution in [2.75, 3.05) is 14.2 Å². The maximum Gasteiger partial charge on any atom is 0.346 e. The van der Waals surface area contributed by atoms with Gasteiger partial charge in [-0.3, -0.25) is 0 Å². The van der Waals surface area contributed by atoms with Crippen molar-refractivity contribution in [3.63, 3.8) is 0 Å². The zero-order valence-corrected chi connectivity index (χ0v) is 15.4. The molecule has 0 saturated carbocycles. The Kier molecular flexibility index (Phi) is 5.14. The van der Waals surface area contributed by atoms with Crippen LogP contribution >= 0.6 is 11.3 Å². The van der Waals surface area contributed by atoms with Crippen molar-refractivity contribution in [2.24, 2.45) is 0 Å². The summed E-state index contributed by atoms with van der Waals surface area (Å²) in [7, 11) is 3.07. The van der Waals surface area contributed by atoms with Crippen molar-refractivity contribution < 1.29 is 29.3 Å². The predicted molar refractivity (Wildman–Crippen MR) is 102 cm³/mol. The second-order valence-electron chi connectivity index (χ2n) is 5.58. The Morgan fingerprint density at radius 2 is 1.04 bits per heavy atom. The Morgan fingerprint density at radius 3 is 1.30 bits per heavy atom. The molecule has 6 nitrogen and oxygen atoms in total. The maximum atomic E-state index is 11.8. The molecular weight excluding hydrogens is 368 g/mol. The predicted octanol–water partition coefficient (Wildman–Crippen LogP) is 4.50. The fourth-order valence-corrected chi connectivity index (χ4v) is 3.82. The Labute approximate surface area is 159 Å². The summed E-state index contributed by atoms with van der Waals surface area (Å²) < 4.78 is 10.3. The minimum absolute atomic E-state index is 0.0246. The average Bonchev–Trinajstić information content (AvgIpc) is 3.09. The molecule has 0 aliphatic heterocycles. The molecule has 1 heterocycles. The lowest BCUT2D eigenvalue weighted by molar-refractivity contribution is 0.0694. The molecular formula is C20H16O6S. The van der Waals surface area contributed by atoms with E-state index >= 15 is 0 Å². The maximum absolute atomic E-state index is 11.8. The molecule has 3 rings (SSSR count). The van der Waals surface area contributed by atoms with Gasteiger partial charge in [0.25, 0.3) is 0 Å². The van der Waals surface area contributed by atoms with Crippen LogP contribution in [-0.4, -0.2) is 36.4 Å². The van der Waals surface area contributed by atoms with E-state index in [0.717, 1.165) is 11.3 Å². The number of benzene rings is 2. The van der Waals surface area contributed by atoms with Crippen molar-refractivity contribution in [3.05, 3.63) is 58.3 Å². The molecule has 0 amide bonds. The average molecular weight is 384 g/mol. The lowest BCUT2D eigenvalue weighted by Gasteiger charge is -2.09. The van der Waals surface area contributed by atoms with Crippen LogP contribution in [0.25, 0.3) is 22.3 Å². The molecule has 0 unspecified atom stereocenters. The summed E-state index contributed by atoms with van der Waals surface area (Å²) in [5, 5.41) is 19.3. The fourth-order valence-electron chi connectivity index (χ4n) is 2.80. The monoisotopic (exact) mass is 384 g/mol. The van der Waals surface area contributed by atoms with Crippen LogP contribution < -0.4 is 9.47 Å². The quantitative estimate of drug-likeness (QED) is 0.650.